The van der Waals surface area contributed by atoms with Gasteiger partial charge in [0.25, 0.3) is 5.91 Å². The van der Waals surface area contributed by atoms with Crippen molar-refractivity contribution in [2.45, 2.75) is 18.3 Å². The SMILES string of the molecule is NC(=O)c1cccc2cn(-c3ccc([C@@]4(F)CNC[C@H](F)C4)cc3)nc12. The summed E-state index contributed by atoms with van der Waals surface area (Å²) in [4.78, 5) is 11.5. The monoisotopic (exact) mass is 356 g/mol. The van der Waals surface area contributed by atoms with Gasteiger partial charge in [-0.25, -0.2) is 13.5 Å². The first-order valence-corrected chi connectivity index (χ1v) is 8.39. The van der Waals surface area contributed by atoms with Crippen LogP contribution < -0.4 is 11.1 Å². The van der Waals surface area contributed by atoms with Crippen LogP contribution in [-0.4, -0.2) is 34.9 Å². The van der Waals surface area contributed by atoms with E-state index < -0.39 is 17.7 Å². The van der Waals surface area contributed by atoms with Crippen molar-refractivity contribution >= 4 is 16.8 Å². The summed E-state index contributed by atoms with van der Waals surface area (Å²) < 4.78 is 30.2. The molecule has 2 atom stereocenters. The lowest BCUT2D eigenvalue weighted by molar-refractivity contribution is 0.0711. The van der Waals surface area contributed by atoms with E-state index in [0.29, 0.717) is 22.3 Å². The zero-order valence-corrected chi connectivity index (χ0v) is 14.0. The molecule has 1 amide bonds. The number of amides is 1. The van der Waals surface area contributed by atoms with Crippen molar-refractivity contribution in [3.8, 4) is 5.69 Å². The summed E-state index contributed by atoms with van der Waals surface area (Å²) in [5, 5.41) is 8.00. The summed E-state index contributed by atoms with van der Waals surface area (Å²) in [6.45, 7) is 0.284. The number of carbonyl (C=O) groups is 1. The smallest absolute Gasteiger partial charge is 0.250 e. The van der Waals surface area contributed by atoms with Crippen LogP contribution in [0.5, 0.6) is 0 Å². The molecule has 7 heteroatoms. The Kier molecular flexibility index (Phi) is 3.96. The van der Waals surface area contributed by atoms with Crippen LogP contribution in [0.4, 0.5) is 8.78 Å². The first-order valence-electron chi connectivity index (χ1n) is 8.39. The lowest BCUT2D eigenvalue weighted by atomic mass is 9.87. The van der Waals surface area contributed by atoms with Crippen LogP contribution in [0.2, 0.25) is 0 Å². The van der Waals surface area contributed by atoms with Gasteiger partial charge in [0.1, 0.15) is 11.7 Å². The number of primary amides is 1. The summed E-state index contributed by atoms with van der Waals surface area (Å²) >= 11 is 0. The molecule has 1 aliphatic rings. The molecule has 0 spiro atoms. The standard InChI is InChI=1S/C19H18F2N4O/c20-14-8-19(21,11-23-9-14)13-4-6-15(7-5-13)25-10-12-2-1-3-16(18(22)26)17(12)24-25/h1-7,10,14,23H,8-9,11H2,(H2,22,26)/t14-,19+/m1/s1. The molecule has 2 aromatic carbocycles. The first-order chi connectivity index (χ1) is 12.5. The Hall–Kier alpha value is -2.80. The highest BCUT2D eigenvalue weighted by Gasteiger charge is 2.38. The van der Waals surface area contributed by atoms with E-state index in [2.05, 4.69) is 10.4 Å². The predicted molar refractivity (Wildman–Crippen MR) is 94.8 cm³/mol. The van der Waals surface area contributed by atoms with E-state index in [-0.39, 0.29) is 19.5 Å². The Labute approximate surface area is 148 Å². The number of halogens is 2. The second-order valence-electron chi connectivity index (χ2n) is 6.63. The van der Waals surface area contributed by atoms with Gasteiger partial charge in [0.15, 0.2) is 5.67 Å². The number of benzene rings is 2. The minimum Gasteiger partial charge on any atom is -0.366 e. The number of fused-ring (bicyclic) bond motifs is 1. The van der Waals surface area contributed by atoms with E-state index in [1.807, 2.05) is 6.07 Å². The molecule has 3 aromatic rings. The Morgan fingerprint density at radius 3 is 2.73 bits per heavy atom. The Morgan fingerprint density at radius 1 is 1.27 bits per heavy atom. The quantitative estimate of drug-likeness (QED) is 0.758. The van der Waals surface area contributed by atoms with E-state index >= 15 is 4.39 Å². The van der Waals surface area contributed by atoms with Crippen LogP contribution >= 0.6 is 0 Å². The Balaban J connectivity index is 1.68. The number of aromatic nitrogens is 2. The summed E-state index contributed by atoms with van der Waals surface area (Å²) in [5.74, 6) is -0.541. The highest BCUT2D eigenvalue weighted by atomic mass is 19.2. The second kappa shape index (κ2) is 6.17. The zero-order chi connectivity index (χ0) is 18.3. The summed E-state index contributed by atoms with van der Waals surface area (Å²) in [6.07, 6.45) is 0.436. The van der Waals surface area contributed by atoms with E-state index in [1.165, 1.54) is 0 Å². The largest absolute Gasteiger partial charge is 0.366 e. The van der Waals surface area contributed by atoms with Crippen molar-refractivity contribution in [3.63, 3.8) is 0 Å². The van der Waals surface area contributed by atoms with E-state index in [4.69, 9.17) is 5.73 Å². The molecule has 0 bridgehead atoms. The van der Waals surface area contributed by atoms with Crippen molar-refractivity contribution in [2.75, 3.05) is 13.1 Å². The van der Waals surface area contributed by atoms with Crippen LogP contribution in [-0.2, 0) is 5.67 Å². The molecule has 0 aliphatic carbocycles. The number of hydrogen-bond donors (Lipinski definition) is 2. The fraction of sp³-hybridized carbons (Fsp3) is 0.263. The van der Waals surface area contributed by atoms with Crippen molar-refractivity contribution in [1.82, 2.24) is 15.1 Å². The number of piperidine rings is 1. The molecule has 4 rings (SSSR count). The maximum Gasteiger partial charge on any atom is 0.250 e. The fourth-order valence-electron chi connectivity index (χ4n) is 3.43. The van der Waals surface area contributed by atoms with E-state index in [9.17, 15) is 9.18 Å². The molecule has 0 radical (unpaired) electrons. The maximum atomic E-state index is 15.0. The lowest BCUT2D eigenvalue weighted by Crippen LogP contribution is -2.45. The normalized spacial score (nSPS) is 23.2. The molecule has 134 valence electrons. The third-order valence-electron chi connectivity index (χ3n) is 4.77. The van der Waals surface area contributed by atoms with Crippen molar-refractivity contribution in [2.24, 2.45) is 5.73 Å². The molecule has 2 heterocycles. The van der Waals surface area contributed by atoms with Crippen LogP contribution in [0.25, 0.3) is 16.6 Å². The summed E-state index contributed by atoms with van der Waals surface area (Å²) in [7, 11) is 0. The van der Waals surface area contributed by atoms with Gasteiger partial charge in [0.2, 0.25) is 0 Å². The number of nitrogens with one attached hydrogen (secondary N) is 1. The van der Waals surface area contributed by atoms with Gasteiger partial charge >= 0.3 is 0 Å². The maximum absolute atomic E-state index is 15.0. The van der Waals surface area contributed by atoms with Crippen LogP contribution in [0.3, 0.4) is 0 Å². The Bertz CT molecular complexity index is 969. The third-order valence-corrected chi connectivity index (χ3v) is 4.77. The molecule has 0 saturated carbocycles. The van der Waals surface area contributed by atoms with Gasteiger partial charge in [-0.05, 0) is 23.8 Å². The van der Waals surface area contributed by atoms with Gasteiger partial charge in [-0.15, -0.1) is 0 Å². The minimum absolute atomic E-state index is 0.0976. The molecular formula is C19H18F2N4O. The summed E-state index contributed by atoms with van der Waals surface area (Å²) in [5.41, 5.74) is 5.69. The van der Waals surface area contributed by atoms with Crippen molar-refractivity contribution in [1.29, 1.82) is 0 Å². The van der Waals surface area contributed by atoms with Gasteiger partial charge < -0.3 is 11.1 Å². The van der Waals surface area contributed by atoms with Crippen molar-refractivity contribution < 1.29 is 13.6 Å². The van der Waals surface area contributed by atoms with E-state index in [1.54, 1.807) is 47.3 Å². The van der Waals surface area contributed by atoms with Gasteiger partial charge in [0.05, 0.1) is 11.3 Å². The highest BCUT2D eigenvalue weighted by Crippen LogP contribution is 2.34. The van der Waals surface area contributed by atoms with E-state index in [0.717, 1.165) is 5.39 Å². The van der Waals surface area contributed by atoms with Crippen molar-refractivity contribution in [3.05, 3.63) is 59.8 Å². The van der Waals surface area contributed by atoms with Gasteiger partial charge in [-0.2, -0.15) is 5.10 Å². The van der Waals surface area contributed by atoms with Crippen LogP contribution in [0.1, 0.15) is 22.3 Å². The zero-order valence-electron chi connectivity index (χ0n) is 14.0. The van der Waals surface area contributed by atoms with Gasteiger partial charge in [0, 0.05) is 31.1 Å². The molecular weight excluding hydrogens is 338 g/mol. The average molecular weight is 356 g/mol. The lowest BCUT2D eigenvalue weighted by Gasteiger charge is -2.32. The Morgan fingerprint density at radius 2 is 2.04 bits per heavy atom. The number of nitrogens with two attached hydrogens (primary N) is 1. The summed E-state index contributed by atoms with van der Waals surface area (Å²) in [6, 6.07) is 12.0. The number of alkyl halides is 2. The number of rotatable bonds is 3. The highest BCUT2D eigenvalue weighted by molar-refractivity contribution is 6.04. The van der Waals surface area contributed by atoms with Gasteiger partial charge in [-0.3, -0.25) is 4.79 Å². The number of nitrogens with zero attached hydrogens (tertiary/aromatic N) is 2. The second-order valence-corrected chi connectivity index (χ2v) is 6.63. The van der Waals surface area contributed by atoms with Gasteiger partial charge in [-0.1, -0.05) is 24.3 Å². The molecule has 1 aliphatic heterocycles. The molecule has 0 unspecified atom stereocenters. The number of hydrogen-bond acceptors (Lipinski definition) is 3. The predicted octanol–water partition coefficient (Wildman–Crippen LogP) is 2.62. The topological polar surface area (TPSA) is 72.9 Å². The van der Waals surface area contributed by atoms with Crippen LogP contribution in [0, 0.1) is 0 Å². The average Bonchev–Trinajstić information content (AvgIpc) is 3.05. The molecule has 1 fully saturated rings. The molecule has 5 nitrogen and oxygen atoms in total. The number of carbonyl (C=O) groups excluding carboxylic acids is 1. The third kappa shape index (κ3) is 2.84. The van der Waals surface area contributed by atoms with Crippen LogP contribution in [0.15, 0.2) is 48.7 Å². The minimum atomic E-state index is -1.72. The molecule has 1 saturated heterocycles. The first kappa shape index (κ1) is 16.7. The molecule has 1 aromatic heterocycles. The fourth-order valence-corrected chi connectivity index (χ4v) is 3.43. The molecule has 26 heavy (non-hydrogen) atoms. The molecule has 3 N–H and O–H groups in total.